The van der Waals surface area contributed by atoms with Gasteiger partial charge in [-0.05, 0) is 31.0 Å². The minimum Gasteiger partial charge on any atom is -0.470 e. The maximum absolute atomic E-state index is 5.75. The summed E-state index contributed by atoms with van der Waals surface area (Å²) in [5.74, 6) is 0.601. The lowest BCUT2D eigenvalue weighted by atomic mass is 9.98. The lowest BCUT2D eigenvalue weighted by Gasteiger charge is -2.32. The van der Waals surface area contributed by atoms with Crippen molar-refractivity contribution >= 4 is 11.3 Å². The molecule has 0 aliphatic carbocycles. The molecule has 0 spiro atoms. The molecular weight excluding hydrogens is 270 g/mol. The Morgan fingerprint density at radius 1 is 1.40 bits per heavy atom. The summed E-state index contributed by atoms with van der Waals surface area (Å²) in [6.07, 6.45) is 8.05. The van der Waals surface area contributed by atoms with Crippen LogP contribution < -0.4 is 4.74 Å². The van der Waals surface area contributed by atoms with Crippen LogP contribution in [0, 0.1) is 5.92 Å². The van der Waals surface area contributed by atoms with E-state index < -0.39 is 0 Å². The lowest BCUT2D eigenvalue weighted by Crippen LogP contribution is -2.37. The Morgan fingerprint density at radius 3 is 3.20 bits per heavy atom. The van der Waals surface area contributed by atoms with Crippen LogP contribution >= 0.6 is 11.3 Å². The van der Waals surface area contributed by atoms with E-state index in [1.54, 1.807) is 17.5 Å². The van der Waals surface area contributed by atoms with Crippen LogP contribution in [0.2, 0.25) is 0 Å². The van der Waals surface area contributed by atoms with E-state index in [0.717, 1.165) is 24.9 Å². The Hall–Kier alpha value is -1.46. The highest BCUT2D eigenvalue weighted by molar-refractivity contribution is 7.11. The average molecular weight is 289 g/mol. The summed E-state index contributed by atoms with van der Waals surface area (Å²) in [6, 6.07) is 4.14. The molecular formula is C15H19N3OS. The zero-order valence-electron chi connectivity index (χ0n) is 11.4. The molecule has 2 aromatic heterocycles. The minimum atomic E-state index is 0.601. The normalized spacial score (nSPS) is 19.9. The highest BCUT2D eigenvalue weighted by Gasteiger charge is 2.20. The van der Waals surface area contributed by atoms with E-state index in [9.17, 15) is 0 Å². The Kier molecular flexibility index (Phi) is 4.61. The Labute approximate surface area is 123 Å². The quantitative estimate of drug-likeness (QED) is 0.848. The number of thiazole rings is 1. The molecule has 20 heavy (non-hydrogen) atoms. The van der Waals surface area contributed by atoms with E-state index in [-0.39, 0.29) is 0 Å². The van der Waals surface area contributed by atoms with E-state index >= 15 is 0 Å². The summed E-state index contributed by atoms with van der Waals surface area (Å²) in [7, 11) is 0. The first-order valence-electron chi connectivity index (χ1n) is 7.04. The Bertz CT molecular complexity index is 503. The molecule has 2 aromatic rings. The van der Waals surface area contributed by atoms with E-state index in [0.29, 0.717) is 5.92 Å². The molecule has 1 saturated heterocycles. The van der Waals surface area contributed by atoms with Gasteiger partial charge in [0.15, 0.2) is 0 Å². The third-order valence-electron chi connectivity index (χ3n) is 3.58. The second-order valence-electron chi connectivity index (χ2n) is 5.21. The number of hydrogen-bond donors (Lipinski definition) is 0. The van der Waals surface area contributed by atoms with Crippen molar-refractivity contribution in [1.82, 2.24) is 14.9 Å². The fraction of sp³-hybridized carbons (Fsp3) is 0.467. The van der Waals surface area contributed by atoms with Crippen LogP contribution in [0.1, 0.15) is 18.4 Å². The molecule has 0 aromatic carbocycles. The first kappa shape index (κ1) is 13.5. The van der Waals surface area contributed by atoms with Crippen LogP contribution in [0.3, 0.4) is 0 Å². The van der Waals surface area contributed by atoms with Crippen LogP contribution in [-0.4, -0.2) is 34.6 Å². The third kappa shape index (κ3) is 3.77. The van der Waals surface area contributed by atoms with Gasteiger partial charge in [0, 0.05) is 43.0 Å². The maximum atomic E-state index is 5.75. The second-order valence-corrected chi connectivity index (χ2v) is 6.07. The molecule has 1 aliphatic heterocycles. The van der Waals surface area contributed by atoms with E-state index in [1.165, 1.54) is 24.9 Å². The summed E-state index contributed by atoms with van der Waals surface area (Å²) in [4.78, 5) is 10.8. The first-order valence-corrected chi connectivity index (χ1v) is 7.91. The number of pyridine rings is 1. The van der Waals surface area contributed by atoms with Gasteiger partial charge in [0.2, 0.25) is 0 Å². The number of ether oxygens (including phenoxy) is 1. The Morgan fingerprint density at radius 2 is 2.40 bits per heavy atom. The minimum absolute atomic E-state index is 0.601. The Balaban J connectivity index is 1.49. The third-order valence-corrected chi connectivity index (χ3v) is 4.27. The fourth-order valence-corrected chi connectivity index (χ4v) is 3.15. The molecule has 5 heteroatoms. The van der Waals surface area contributed by atoms with Crippen LogP contribution in [0.4, 0.5) is 0 Å². The number of nitrogens with zero attached hydrogens (tertiary/aromatic N) is 3. The van der Waals surface area contributed by atoms with Crippen molar-refractivity contribution in [1.29, 1.82) is 0 Å². The highest BCUT2D eigenvalue weighted by atomic mass is 32.1. The molecule has 106 valence electrons. The van der Waals surface area contributed by atoms with E-state index in [4.69, 9.17) is 4.74 Å². The maximum Gasteiger partial charge on any atom is 0.273 e. The summed E-state index contributed by atoms with van der Waals surface area (Å²) in [5, 5.41) is 2.74. The summed E-state index contributed by atoms with van der Waals surface area (Å²) in [6.45, 7) is 4.03. The molecule has 1 unspecified atom stereocenters. The van der Waals surface area contributed by atoms with Crippen molar-refractivity contribution in [2.24, 2.45) is 5.92 Å². The average Bonchev–Trinajstić information content (AvgIpc) is 3.00. The summed E-state index contributed by atoms with van der Waals surface area (Å²) >= 11 is 1.56. The first-order chi connectivity index (χ1) is 9.90. The number of piperidine rings is 1. The van der Waals surface area contributed by atoms with Gasteiger partial charge < -0.3 is 4.74 Å². The summed E-state index contributed by atoms with van der Waals surface area (Å²) < 4.78 is 5.75. The number of aromatic nitrogens is 2. The van der Waals surface area contributed by atoms with Crippen LogP contribution in [-0.2, 0) is 6.54 Å². The SMILES string of the molecule is c1cncc(CN2CCCC(COc3nccs3)C2)c1. The molecule has 0 saturated carbocycles. The smallest absolute Gasteiger partial charge is 0.273 e. The monoisotopic (exact) mass is 289 g/mol. The zero-order chi connectivity index (χ0) is 13.6. The molecule has 1 atom stereocenters. The molecule has 0 amide bonds. The van der Waals surface area contributed by atoms with Gasteiger partial charge >= 0.3 is 0 Å². The van der Waals surface area contributed by atoms with Crippen molar-refractivity contribution in [3.8, 4) is 5.19 Å². The molecule has 3 rings (SSSR count). The van der Waals surface area contributed by atoms with E-state index in [1.807, 2.05) is 23.8 Å². The van der Waals surface area contributed by atoms with Crippen LogP contribution in [0.25, 0.3) is 0 Å². The van der Waals surface area contributed by atoms with Gasteiger partial charge in [-0.25, -0.2) is 4.98 Å². The van der Waals surface area contributed by atoms with Gasteiger partial charge in [-0.15, -0.1) is 0 Å². The van der Waals surface area contributed by atoms with Crippen molar-refractivity contribution in [3.05, 3.63) is 41.7 Å². The molecule has 0 radical (unpaired) electrons. The van der Waals surface area contributed by atoms with Crippen molar-refractivity contribution in [3.63, 3.8) is 0 Å². The van der Waals surface area contributed by atoms with Crippen LogP contribution in [0.15, 0.2) is 36.1 Å². The molecule has 1 aliphatic rings. The van der Waals surface area contributed by atoms with Crippen molar-refractivity contribution in [2.75, 3.05) is 19.7 Å². The fourth-order valence-electron chi connectivity index (χ4n) is 2.65. The zero-order valence-corrected chi connectivity index (χ0v) is 12.3. The molecule has 0 bridgehead atoms. The van der Waals surface area contributed by atoms with Crippen molar-refractivity contribution in [2.45, 2.75) is 19.4 Å². The van der Waals surface area contributed by atoms with Gasteiger partial charge in [0.25, 0.3) is 5.19 Å². The number of likely N-dealkylation sites (tertiary alicyclic amines) is 1. The topological polar surface area (TPSA) is 38.2 Å². The largest absolute Gasteiger partial charge is 0.470 e. The van der Waals surface area contributed by atoms with Gasteiger partial charge in [0.1, 0.15) is 0 Å². The van der Waals surface area contributed by atoms with Gasteiger partial charge in [0.05, 0.1) is 6.61 Å². The second kappa shape index (κ2) is 6.81. The van der Waals surface area contributed by atoms with E-state index in [2.05, 4.69) is 20.9 Å². The highest BCUT2D eigenvalue weighted by Crippen LogP contribution is 2.21. The number of rotatable bonds is 5. The van der Waals surface area contributed by atoms with Gasteiger partial charge in [-0.3, -0.25) is 9.88 Å². The van der Waals surface area contributed by atoms with Gasteiger partial charge in [-0.2, -0.15) is 0 Å². The predicted molar refractivity (Wildman–Crippen MR) is 79.8 cm³/mol. The number of hydrogen-bond acceptors (Lipinski definition) is 5. The molecule has 4 nitrogen and oxygen atoms in total. The standard InChI is InChI=1S/C15H19N3OS/c1-3-13(9-16-5-1)10-18-7-2-4-14(11-18)12-19-15-17-6-8-20-15/h1,3,5-6,8-9,14H,2,4,7,10-12H2. The molecule has 3 heterocycles. The van der Waals surface area contributed by atoms with Crippen LogP contribution in [0.5, 0.6) is 5.19 Å². The molecule has 1 fully saturated rings. The van der Waals surface area contributed by atoms with Crippen molar-refractivity contribution < 1.29 is 4.74 Å². The van der Waals surface area contributed by atoms with Gasteiger partial charge in [-0.1, -0.05) is 17.4 Å². The lowest BCUT2D eigenvalue weighted by molar-refractivity contribution is 0.125. The predicted octanol–water partition coefficient (Wildman–Crippen LogP) is 2.83. The summed E-state index contributed by atoms with van der Waals surface area (Å²) in [5.41, 5.74) is 1.29. The molecule has 0 N–H and O–H groups in total.